The highest BCUT2D eigenvalue weighted by molar-refractivity contribution is 5.84. The second-order valence-electron chi connectivity index (χ2n) is 9.26. The Labute approximate surface area is 198 Å². The number of H-pyrrole nitrogens is 1. The van der Waals surface area contributed by atoms with Gasteiger partial charge in [0.05, 0.1) is 22.6 Å². The SMILES string of the molecule is NC(=O)C1(C(Cc2ccccc2)c2cc(-c3ccc4nc[nH]c(=O)c4c3)ccn2)CCCCC1. The topological polar surface area (TPSA) is 102 Å². The van der Waals surface area contributed by atoms with Crippen LogP contribution >= 0.6 is 0 Å². The summed E-state index contributed by atoms with van der Waals surface area (Å²) in [4.78, 5) is 36.9. The van der Waals surface area contributed by atoms with Gasteiger partial charge >= 0.3 is 0 Å². The maximum Gasteiger partial charge on any atom is 0.258 e. The van der Waals surface area contributed by atoms with Crippen molar-refractivity contribution in [3.8, 4) is 11.1 Å². The number of carbonyl (C=O) groups excluding carboxylic acids is 1. The summed E-state index contributed by atoms with van der Waals surface area (Å²) in [6.07, 6.45) is 8.57. The van der Waals surface area contributed by atoms with E-state index in [1.165, 1.54) is 6.33 Å². The fourth-order valence-electron chi connectivity index (χ4n) is 5.45. The van der Waals surface area contributed by atoms with Crippen molar-refractivity contribution in [2.24, 2.45) is 11.1 Å². The van der Waals surface area contributed by atoms with Crippen molar-refractivity contribution < 1.29 is 4.79 Å². The van der Waals surface area contributed by atoms with Crippen molar-refractivity contribution in [3.05, 3.63) is 94.8 Å². The van der Waals surface area contributed by atoms with Crippen molar-refractivity contribution in [1.29, 1.82) is 0 Å². The van der Waals surface area contributed by atoms with Crippen molar-refractivity contribution in [1.82, 2.24) is 15.0 Å². The van der Waals surface area contributed by atoms with E-state index in [4.69, 9.17) is 10.7 Å². The molecule has 34 heavy (non-hydrogen) atoms. The largest absolute Gasteiger partial charge is 0.369 e. The third-order valence-corrected chi connectivity index (χ3v) is 7.30. The van der Waals surface area contributed by atoms with Gasteiger partial charge < -0.3 is 10.7 Å². The molecule has 172 valence electrons. The molecule has 1 atom stereocenters. The van der Waals surface area contributed by atoms with Gasteiger partial charge in [-0.1, -0.05) is 55.7 Å². The fourth-order valence-corrected chi connectivity index (χ4v) is 5.45. The normalized spacial score (nSPS) is 16.2. The molecule has 1 aliphatic rings. The quantitative estimate of drug-likeness (QED) is 0.441. The van der Waals surface area contributed by atoms with Crippen LogP contribution in [-0.2, 0) is 11.2 Å². The number of nitrogens with two attached hydrogens (primary N) is 1. The number of carbonyl (C=O) groups is 1. The number of hydrogen-bond acceptors (Lipinski definition) is 4. The molecular weight excluding hydrogens is 424 g/mol. The molecule has 0 bridgehead atoms. The molecule has 0 saturated heterocycles. The van der Waals surface area contributed by atoms with Crippen molar-refractivity contribution in [2.45, 2.75) is 44.4 Å². The van der Waals surface area contributed by atoms with Gasteiger partial charge in [-0.05, 0) is 60.2 Å². The lowest BCUT2D eigenvalue weighted by Crippen LogP contribution is -2.44. The number of amides is 1. The Morgan fingerprint density at radius 1 is 0.971 bits per heavy atom. The molecule has 0 spiro atoms. The van der Waals surface area contributed by atoms with Crippen LogP contribution in [0.4, 0.5) is 0 Å². The monoisotopic (exact) mass is 452 g/mol. The van der Waals surface area contributed by atoms with E-state index in [1.54, 1.807) is 6.20 Å². The summed E-state index contributed by atoms with van der Waals surface area (Å²) < 4.78 is 0. The molecular formula is C28H28N4O2. The van der Waals surface area contributed by atoms with Crippen LogP contribution in [-0.4, -0.2) is 20.9 Å². The zero-order chi connectivity index (χ0) is 23.5. The highest BCUT2D eigenvalue weighted by Crippen LogP contribution is 2.48. The van der Waals surface area contributed by atoms with E-state index in [2.05, 4.69) is 28.2 Å². The summed E-state index contributed by atoms with van der Waals surface area (Å²) in [7, 11) is 0. The predicted molar refractivity (Wildman–Crippen MR) is 133 cm³/mol. The Morgan fingerprint density at radius 2 is 1.74 bits per heavy atom. The molecule has 1 fully saturated rings. The number of nitrogens with one attached hydrogen (secondary N) is 1. The minimum absolute atomic E-state index is 0.127. The van der Waals surface area contributed by atoms with Crippen LogP contribution in [0.25, 0.3) is 22.0 Å². The van der Waals surface area contributed by atoms with Gasteiger partial charge in [-0.2, -0.15) is 0 Å². The molecule has 0 radical (unpaired) electrons. The molecule has 1 saturated carbocycles. The van der Waals surface area contributed by atoms with Gasteiger partial charge in [0.1, 0.15) is 0 Å². The number of rotatable bonds is 6. The van der Waals surface area contributed by atoms with Crippen LogP contribution in [0.1, 0.15) is 49.3 Å². The average Bonchev–Trinajstić information content (AvgIpc) is 2.88. The summed E-state index contributed by atoms with van der Waals surface area (Å²) in [5, 5.41) is 0.542. The Hall–Kier alpha value is -3.80. The average molecular weight is 453 g/mol. The van der Waals surface area contributed by atoms with E-state index in [-0.39, 0.29) is 17.4 Å². The Balaban J connectivity index is 1.61. The molecule has 5 rings (SSSR count). The van der Waals surface area contributed by atoms with Crippen molar-refractivity contribution in [2.75, 3.05) is 0 Å². The highest BCUT2D eigenvalue weighted by Gasteiger charge is 2.46. The number of hydrogen-bond donors (Lipinski definition) is 2. The third kappa shape index (κ3) is 4.12. The molecule has 3 N–H and O–H groups in total. The lowest BCUT2D eigenvalue weighted by Gasteiger charge is -2.41. The second kappa shape index (κ2) is 9.21. The molecule has 1 aliphatic carbocycles. The van der Waals surface area contributed by atoms with E-state index >= 15 is 0 Å². The molecule has 2 aromatic heterocycles. The molecule has 0 aliphatic heterocycles. The fraction of sp³-hybridized carbons (Fsp3) is 0.286. The maximum absolute atomic E-state index is 13.0. The summed E-state index contributed by atoms with van der Waals surface area (Å²) >= 11 is 0. The number of fused-ring (bicyclic) bond motifs is 1. The minimum atomic E-state index is -0.621. The van der Waals surface area contributed by atoms with Crippen LogP contribution in [0.2, 0.25) is 0 Å². The van der Waals surface area contributed by atoms with Crippen LogP contribution in [0.3, 0.4) is 0 Å². The van der Waals surface area contributed by atoms with E-state index < -0.39 is 5.41 Å². The van der Waals surface area contributed by atoms with E-state index in [1.807, 2.05) is 42.5 Å². The lowest BCUT2D eigenvalue weighted by atomic mass is 9.62. The first-order valence-corrected chi connectivity index (χ1v) is 11.8. The molecule has 6 heteroatoms. The Kier molecular flexibility index (Phi) is 5.97. The smallest absolute Gasteiger partial charge is 0.258 e. The number of primary amides is 1. The van der Waals surface area contributed by atoms with Gasteiger partial charge in [-0.15, -0.1) is 0 Å². The zero-order valence-corrected chi connectivity index (χ0v) is 19.0. The Bertz CT molecular complexity index is 1370. The number of aromatic amines is 1. The standard InChI is InChI=1S/C28H28N4O2/c29-27(34)28(12-5-2-6-13-28)23(15-19-7-3-1-4-8-19)25-17-21(11-14-30-25)20-9-10-24-22(16-20)26(33)32-18-31-24/h1,3-4,7-11,14,16-18,23H,2,5-6,12-13,15H2,(H2,29,34)(H,31,32,33). The maximum atomic E-state index is 13.0. The van der Waals surface area contributed by atoms with Crippen LogP contribution < -0.4 is 11.3 Å². The summed E-state index contributed by atoms with van der Waals surface area (Å²) in [5.74, 6) is -0.359. The summed E-state index contributed by atoms with van der Waals surface area (Å²) in [6, 6.07) is 19.9. The van der Waals surface area contributed by atoms with Crippen LogP contribution in [0, 0.1) is 5.41 Å². The Morgan fingerprint density at radius 3 is 2.50 bits per heavy atom. The number of benzene rings is 2. The van der Waals surface area contributed by atoms with Gasteiger partial charge in [-0.25, -0.2) is 4.98 Å². The van der Waals surface area contributed by atoms with Crippen LogP contribution in [0.5, 0.6) is 0 Å². The van der Waals surface area contributed by atoms with Gasteiger partial charge in [0.15, 0.2) is 0 Å². The van der Waals surface area contributed by atoms with E-state index in [9.17, 15) is 9.59 Å². The molecule has 1 amide bonds. The number of aromatic nitrogens is 3. The molecule has 1 unspecified atom stereocenters. The van der Waals surface area contributed by atoms with Gasteiger partial charge in [-0.3, -0.25) is 14.6 Å². The molecule has 2 heterocycles. The first-order chi connectivity index (χ1) is 16.6. The van der Waals surface area contributed by atoms with Gasteiger partial charge in [0.25, 0.3) is 5.56 Å². The second-order valence-corrected chi connectivity index (χ2v) is 9.26. The molecule has 4 aromatic rings. The molecule has 2 aromatic carbocycles. The number of nitrogens with zero attached hydrogens (tertiary/aromatic N) is 2. The van der Waals surface area contributed by atoms with Crippen molar-refractivity contribution in [3.63, 3.8) is 0 Å². The van der Waals surface area contributed by atoms with Gasteiger partial charge in [0, 0.05) is 17.8 Å². The third-order valence-electron chi connectivity index (χ3n) is 7.30. The van der Waals surface area contributed by atoms with Crippen molar-refractivity contribution >= 4 is 16.8 Å². The summed E-state index contributed by atoms with van der Waals surface area (Å²) in [6.45, 7) is 0. The van der Waals surface area contributed by atoms with Gasteiger partial charge in [0.2, 0.25) is 5.91 Å². The van der Waals surface area contributed by atoms with E-state index in [0.717, 1.165) is 54.5 Å². The molecule has 6 nitrogen and oxygen atoms in total. The highest BCUT2D eigenvalue weighted by atomic mass is 16.1. The minimum Gasteiger partial charge on any atom is -0.369 e. The first-order valence-electron chi connectivity index (χ1n) is 11.8. The predicted octanol–water partition coefficient (Wildman–Crippen LogP) is 4.75. The first kappa shape index (κ1) is 22.0. The van der Waals surface area contributed by atoms with Crippen LogP contribution in [0.15, 0.2) is 78.0 Å². The van der Waals surface area contributed by atoms with E-state index in [0.29, 0.717) is 17.3 Å². The lowest BCUT2D eigenvalue weighted by molar-refractivity contribution is -0.131. The zero-order valence-electron chi connectivity index (χ0n) is 19.0. The summed E-state index contributed by atoms with van der Waals surface area (Å²) in [5.41, 5.74) is 9.85. The number of pyridine rings is 1.